The van der Waals surface area contributed by atoms with Crippen LogP contribution in [0.2, 0.25) is 0 Å². The highest BCUT2D eigenvalue weighted by Gasteiger charge is 2.55. The number of carboxylic acid groups (broad SMARTS) is 1. The van der Waals surface area contributed by atoms with Gasteiger partial charge in [-0.1, -0.05) is 259 Å². The monoisotopic (exact) mass is 1540 g/mol. The molecule has 10 atom stereocenters. The van der Waals surface area contributed by atoms with Crippen LogP contribution in [0, 0.1) is 0 Å². The third-order valence-electron chi connectivity index (χ3n) is 18.7. The standard InChI is InChI=1S/C74H136N4O25P2/c1-5-9-13-17-21-25-27-31-35-39-43-47-61(82)77-67-71(101-65(87)53-75-59(80)45-41-37-33-29-23-19-15-11-7-3)69(100-64(86)50-49-63(84)85)58(99-73(67)95-51-52-97-104(89,90)91)56-96-74-68(78-62(83)48-44-40-36-32-28-26-22-18-14-10-6-2)72(70(57(55-79)98-74)103-105(92,93)94)102-66(88)54-76-60(81)46-42-38-34-30-24-20-16-12-8-4/h57-58,67-74,79H,5-56H2,1-4H3,(H,75,80)(H,76,81)(H,77,82)(H,78,83)(H,84,85)(H2,89,90,91)(H2,92,93,94)/t57-,58-,67-,68-,69-,70-,71-,72-,73+,74-/m1/s1. The number of aliphatic hydroxyl groups is 1. The third-order valence-corrected chi connectivity index (χ3v) is 19.7. The van der Waals surface area contributed by atoms with Gasteiger partial charge in [-0.2, -0.15) is 0 Å². The Bertz CT molecular complexity index is 2460. The fourth-order valence-corrected chi connectivity index (χ4v) is 13.7. The third kappa shape index (κ3) is 49.5. The van der Waals surface area contributed by atoms with Crippen LogP contribution in [-0.4, -0.2) is 178 Å². The lowest BCUT2D eigenvalue weighted by Crippen LogP contribution is -2.68. The Labute approximate surface area is 625 Å². The molecule has 0 aromatic rings. The lowest BCUT2D eigenvalue weighted by atomic mass is 9.95. The largest absolute Gasteiger partial charge is 0.481 e. The minimum atomic E-state index is -5.59. The van der Waals surface area contributed by atoms with Crippen molar-refractivity contribution in [3.05, 3.63) is 0 Å². The average Bonchev–Trinajstić information content (AvgIpc) is 0.783. The van der Waals surface area contributed by atoms with E-state index in [0.29, 0.717) is 38.5 Å². The number of aliphatic hydroxyl groups excluding tert-OH is 1. The van der Waals surface area contributed by atoms with Crippen molar-refractivity contribution >= 4 is 63.2 Å². The molecule has 2 heterocycles. The molecule has 2 rings (SSSR count). The summed E-state index contributed by atoms with van der Waals surface area (Å²) in [4.78, 5) is 149. The summed E-state index contributed by atoms with van der Waals surface area (Å²) < 4.78 is 77.6. The molecule has 0 aromatic carbocycles. The Morgan fingerprint density at radius 3 is 1.03 bits per heavy atom. The number of amides is 4. The number of nitrogens with one attached hydrogen (secondary N) is 4. The molecule has 2 fully saturated rings. The summed E-state index contributed by atoms with van der Waals surface area (Å²) in [6.45, 7) is 3.61. The van der Waals surface area contributed by atoms with Gasteiger partial charge in [-0.3, -0.25) is 47.4 Å². The van der Waals surface area contributed by atoms with Gasteiger partial charge in [-0.15, -0.1) is 0 Å². The van der Waals surface area contributed by atoms with E-state index in [-0.39, 0.29) is 25.7 Å². The van der Waals surface area contributed by atoms with Crippen molar-refractivity contribution in [2.75, 3.05) is 39.5 Å². The molecule has 612 valence electrons. The first-order valence-corrected chi connectivity index (χ1v) is 43.0. The molecule has 0 aromatic heterocycles. The maximum absolute atomic E-state index is 14.2. The first-order valence-electron chi connectivity index (χ1n) is 40.0. The second-order valence-corrected chi connectivity index (χ2v) is 30.5. The van der Waals surface area contributed by atoms with E-state index < -0.39 is 177 Å². The van der Waals surface area contributed by atoms with Gasteiger partial charge in [0.2, 0.25) is 23.6 Å². The average molecular weight is 1540 g/mol. The van der Waals surface area contributed by atoms with Crippen LogP contribution in [0.5, 0.6) is 0 Å². The SMILES string of the molecule is CCCCCCCCCCCCCC(=O)N[C@H]1[C@@H](OCCOP(=O)(O)O)O[C@H](CO[C@@H]2O[C@H](CO)[C@@H](OP(=O)(O)O)[C@H](OC(=O)CNC(=O)CCCCCCCCCCC)[C@H]2NC(=O)CCCCCCCCCCCCC)[C@@H](OC(=O)CCC(=O)O)[C@@H]1OC(=O)CNC(=O)CCCCCCCCCCC. The predicted octanol–water partition coefficient (Wildman–Crippen LogP) is 12.1. The second kappa shape index (κ2) is 60.6. The zero-order chi connectivity index (χ0) is 77.4. The smallest absolute Gasteiger partial charge is 0.470 e. The van der Waals surface area contributed by atoms with Gasteiger partial charge in [-0.05, 0) is 25.7 Å². The minimum Gasteiger partial charge on any atom is -0.481 e. The van der Waals surface area contributed by atoms with Crippen LogP contribution in [0.4, 0.5) is 0 Å². The highest BCUT2D eigenvalue weighted by Crippen LogP contribution is 2.43. The van der Waals surface area contributed by atoms with Crippen LogP contribution in [-0.2, 0) is 89.7 Å². The molecule has 105 heavy (non-hydrogen) atoms. The summed E-state index contributed by atoms with van der Waals surface area (Å²) in [5, 5.41) is 31.1. The molecule has 2 aliphatic rings. The molecule has 2 saturated heterocycles. The fourth-order valence-electron chi connectivity index (χ4n) is 12.8. The number of carbonyl (C=O) groups excluding carboxylic acids is 7. The van der Waals surface area contributed by atoms with Gasteiger partial charge < -0.3 is 84.2 Å². The molecule has 0 radical (unpaired) electrons. The molecule has 0 spiro atoms. The maximum Gasteiger partial charge on any atom is 0.470 e. The number of carbonyl (C=O) groups is 8. The van der Waals surface area contributed by atoms with Crippen molar-refractivity contribution in [2.45, 2.75) is 384 Å². The molecule has 31 heteroatoms. The van der Waals surface area contributed by atoms with Crippen LogP contribution in [0.3, 0.4) is 0 Å². The highest BCUT2D eigenvalue weighted by molar-refractivity contribution is 7.46. The number of hydrogen-bond donors (Lipinski definition) is 10. The van der Waals surface area contributed by atoms with Crippen molar-refractivity contribution in [3.8, 4) is 0 Å². The second-order valence-electron chi connectivity index (χ2n) is 28.1. The van der Waals surface area contributed by atoms with Crippen LogP contribution >= 0.6 is 15.6 Å². The summed E-state index contributed by atoms with van der Waals surface area (Å²) in [5.74, 6) is -7.22. The Balaban J connectivity index is 2.74. The summed E-state index contributed by atoms with van der Waals surface area (Å²) in [5.41, 5.74) is 0. The molecule has 0 aliphatic carbocycles. The van der Waals surface area contributed by atoms with E-state index in [1.165, 1.54) is 51.4 Å². The van der Waals surface area contributed by atoms with Crippen molar-refractivity contribution in [2.24, 2.45) is 0 Å². The zero-order valence-corrected chi connectivity index (χ0v) is 65.7. The summed E-state index contributed by atoms with van der Waals surface area (Å²) >= 11 is 0. The van der Waals surface area contributed by atoms with E-state index in [2.05, 4.69) is 53.5 Å². The van der Waals surface area contributed by atoms with Crippen LogP contribution in [0.15, 0.2) is 0 Å². The van der Waals surface area contributed by atoms with Gasteiger partial charge in [0.15, 0.2) is 30.9 Å². The molecule has 10 N–H and O–H groups in total. The predicted molar refractivity (Wildman–Crippen MR) is 393 cm³/mol. The van der Waals surface area contributed by atoms with Gasteiger partial charge in [0.25, 0.3) is 0 Å². The van der Waals surface area contributed by atoms with E-state index >= 15 is 0 Å². The van der Waals surface area contributed by atoms with E-state index in [1.807, 2.05) is 0 Å². The van der Waals surface area contributed by atoms with Gasteiger partial charge >= 0.3 is 39.5 Å². The number of phosphoric acid groups is 2. The van der Waals surface area contributed by atoms with Crippen molar-refractivity contribution in [1.82, 2.24) is 21.3 Å². The highest BCUT2D eigenvalue weighted by atomic mass is 31.2. The number of esters is 3. The summed E-state index contributed by atoms with van der Waals surface area (Å²) in [6.07, 6.45) is 22.3. The molecule has 4 amide bonds. The lowest BCUT2D eigenvalue weighted by Gasteiger charge is -2.47. The molecular formula is C74H136N4O25P2. The molecule has 0 unspecified atom stereocenters. The Morgan fingerprint density at radius 2 is 0.686 bits per heavy atom. The lowest BCUT2D eigenvalue weighted by molar-refractivity contribution is -0.306. The molecule has 29 nitrogen and oxygen atoms in total. The first-order chi connectivity index (χ1) is 50.4. The fraction of sp³-hybridized carbons (Fsp3) is 0.892. The van der Waals surface area contributed by atoms with Gasteiger partial charge in [0.05, 0.1) is 39.3 Å². The van der Waals surface area contributed by atoms with Crippen molar-refractivity contribution < 1.29 is 119 Å². The van der Waals surface area contributed by atoms with Crippen LogP contribution in [0.1, 0.15) is 323 Å². The maximum atomic E-state index is 14.2. The molecule has 0 saturated carbocycles. The van der Waals surface area contributed by atoms with Crippen molar-refractivity contribution in [3.63, 3.8) is 0 Å². The minimum absolute atomic E-state index is 0.0668. The van der Waals surface area contributed by atoms with Gasteiger partial charge in [0, 0.05) is 25.7 Å². The van der Waals surface area contributed by atoms with Crippen LogP contribution in [0.25, 0.3) is 0 Å². The molecule has 2 aliphatic heterocycles. The molecular weight excluding hydrogens is 1410 g/mol. The zero-order valence-electron chi connectivity index (χ0n) is 63.9. The number of phosphoric ester groups is 2. The van der Waals surface area contributed by atoms with E-state index in [1.54, 1.807) is 0 Å². The number of hydrogen-bond acceptors (Lipinski definition) is 20. The topological polar surface area (TPSA) is 423 Å². The number of aliphatic carboxylic acids is 1. The quantitative estimate of drug-likeness (QED) is 0.0117. The number of unbranched alkanes of at least 4 members (excludes halogenated alkanes) is 36. The Hall–Kier alpha value is -4.22. The number of rotatable bonds is 67. The molecule has 0 bridgehead atoms. The van der Waals surface area contributed by atoms with E-state index in [0.717, 1.165) is 167 Å². The van der Waals surface area contributed by atoms with Gasteiger partial charge in [0.1, 0.15) is 43.5 Å². The normalized spacial score (nSPS) is 20.4. The Morgan fingerprint density at radius 1 is 0.362 bits per heavy atom. The van der Waals surface area contributed by atoms with Crippen LogP contribution < -0.4 is 21.3 Å². The summed E-state index contributed by atoms with van der Waals surface area (Å²) in [6, 6.07) is -3.48. The first kappa shape index (κ1) is 96.9. The van der Waals surface area contributed by atoms with E-state index in [9.17, 15) is 77.3 Å². The van der Waals surface area contributed by atoms with E-state index in [4.69, 9.17) is 37.7 Å². The van der Waals surface area contributed by atoms with Crippen molar-refractivity contribution in [1.29, 1.82) is 0 Å². The van der Waals surface area contributed by atoms with Gasteiger partial charge in [-0.25, -0.2) is 9.13 Å². The summed E-state index contributed by atoms with van der Waals surface area (Å²) in [7, 11) is -10.7. The Kier molecular flexibility index (Phi) is 55.9. The number of ether oxygens (including phenoxy) is 7. The number of carboxylic acids is 1.